The Bertz CT molecular complexity index is 796. The molecule has 4 nitrogen and oxygen atoms in total. The van der Waals surface area contributed by atoms with Gasteiger partial charge in [-0.2, -0.15) is 9.78 Å². The summed E-state index contributed by atoms with van der Waals surface area (Å²) in [6, 6.07) is 18.9. The lowest BCUT2D eigenvalue weighted by atomic mass is 10.1. The molecular weight excluding hydrogens is 264 g/mol. The number of hydrogen-bond donors (Lipinski definition) is 0. The highest BCUT2D eigenvalue weighted by Crippen LogP contribution is 2.25. The number of ether oxygens (including phenoxy) is 1. The lowest BCUT2D eigenvalue weighted by Gasteiger charge is -2.11. The zero-order valence-corrected chi connectivity index (χ0v) is 11.6. The fourth-order valence-electron chi connectivity index (χ4n) is 2.21. The SMILES string of the molecule is COc1c(-c2ccccc2)cnn(-c2ccccc2)c1=O. The molecule has 21 heavy (non-hydrogen) atoms. The van der Waals surface area contributed by atoms with E-state index in [1.165, 1.54) is 11.8 Å². The number of methoxy groups -OCH3 is 1. The second-order valence-corrected chi connectivity index (χ2v) is 4.51. The molecule has 3 rings (SSSR count). The Morgan fingerprint density at radius 3 is 2.19 bits per heavy atom. The van der Waals surface area contributed by atoms with Crippen molar-refractivity contribution in [2.75, 3.05) is 7.11 Å². The predicted octanol–water partition coefficient (Wildman–Crippen LogP) is 2.91. The summed E-state index contributed by atoms with van der Waals surface area (Å²) in [5, 5.41) is 4.26. The molecular formula is C17H14N2O2. The van der Waals surface area contributed by atoms with E-state index < -0.39 is 0 Å². The van der Waals surface area contributed by atoms with Crippen LogP contribution in [0.3, 0.4) is 0 Å². The Labute approximate surface area is 122 Å². The van der Waals surface area contributed by atoms with Crippen LogP contribution in [0.25, 0.3) is 16.8 Å². The summed E-state index contributed by atoms with van der Waals surface area (Å²) >= 11 is 0. The minimum absolute atomic E-state index is 0.273. The molecule has 4 heteroatoms. The number of hydrogen-bond acceptors (Lipinski definition) is 3. The van der Waals surface area contributed by atoms with Gasteiger partial charge in [0.2, 0.25) is 0 Å². The van der Waals surface area contributed by atoms with Crippen molar-refractivity contribution in [3.63, 3.8) is 0 Å². The van der Waals surface area contributed by atoms with Gasteiger partial charge in [0.1, 0.15) is 0 Å². The molecule has 0 spiro atoms. The molecule has 0 saturated heterocycles. The molecule has 0 aliphatic rings. The van der Waals surface area contributed by atoms with Crippen LogP contribution in [0.2, 0.25) is 0 Å². The first-order valence-corrected chi connectivity index (χ1v) is 6.58. The van der Waals surface area contributed by atoms with Crippen molar-refractivity contribution in [2.24, 2.45) is 0 Å². The summed E-state index contributed by atoms with van der Waals surface area (Å²) in [4.78, 5) is 12.6. The van der Waals surface area contributed by atoms with Crippen LogP contribution in [-0.4, -0.2) is 16.9 Å². The Hall–Kier alpha value is -2.88. The molecule has 0 N–H and O–H groups in total. The van der Waals surface area contributed by atoms with E-state index in [9.17, 15) is 4.79 Å². The van der Waals surface area contributed by atoms with E-state index in [1.54, 1.807) is 6.20 Å². The van der Waals surface area contributed by atoms with Crippen LogP contribution in [0.1, 0.15) is 0 Å². The summed E-state index contributed by atoms with van der Waals surface area (Å²) in [6.45, 7) is 0. The Kier molecular flexibility index (Phi) is 3.51. The van der Waals surface area contributed by atoms with Gasteiger partial charge >= 0.3 is 5.56 Å². The summed E-state index contributed by atoms with van der Waals surface area (Å²) < 4.78 is 6.66. The van der Waals surface area contributed by atoms with Gasteiger partial charge < -0.3 is 4.74 Å². The molecule has 0 saturated carbocycles. The molecule has 1 heterocycles. The van der Waals surface area contributed by atoms with Crippen molar-refractivity contribution in [1.29, 1.82) is 0 Å². The van der Waals surface area contributed by atoms with Gasteiger partial charge in [0.05, 0.1) is 19.0 Å². The van der Waals surface area contributed by atoms with E-state index >= 15 is 0 Å². The average Bonchev–Trinajstić information content (AvgIpc) is 2.56. The maximum atomic E-state index is 12.6. The molecule has 104 valence electrons. The van der Waals surface area contributed by atoms with Crippen LogP contribution in [0.15, 0.2) is 71.7 Å². The highest BCUT2D eigenvalue weighted by atomic mass is 16.5. The average molecular weight is 278 g/mol. The topological polar surface area (TPSA) is 44.1 Å². The largest absolute Gasteiger partial charge is 0.491 e. The molecule has 0 bridgehead atoms. The maximum absolute atomic E-state index is 12.6. The van der Waals surface area contributed by atoms with E-state index in [2.05, 4.69) is 5.10 Å². The van der Waals surface area contributed by atoms with E-state index in [0.717, 1.165) is 5.56 Å². The van der Waals surface area contributed by atoms with Gasteiger partial charge in [-0.15, -0.1) is 0 Å². The van der Waals surface area contributed by atoms with Crippen LogP contribution >= 0.6 is 0 Å². The van der Waals surface area contributed by atoms with Crippen molar-refractivity contribution < 1.29 is 4.74 Å². The van der Waals surface area contributed by atoms with Crippen molar-refractivity contribution in [3.05, 3.63) is 77.2 Å². The van der Waals surface area contributed by atoms with E-state index in [0.29, 0.717) is 17.0 Å². The minimum Gasteiger partial charge on any atom is -0.491 e. The zero-order chi connectivity index (χ0) is 14.7. The van der Waals surface area contributed by atoms with E-state index in [4.69, 9.17) is 4.74 Å². The highest BCUT2D eigenvalue weighted by Gasteiger charge is 2.14. The fraction of sp³-hybridized carbons (Fsp3) is 0.0588. The summed E-state index contributed by atoms with van der Waals surface area (Å²) in [7, 11) is 1.50. The quantitative estimate of drug-likeness (QED) is 0.740. The summed E-state index contributed by atoms with van der Waals surface area (Å²) in [5.74, 6) is 0.292. The Morgan fingerprint density at radius 1 is 0.952 bits per heavy atom. The van der Waals surface area contributed by atoms with Gasteiger partial charge in [0.25, 0.3) is 0 Å². The second kappa shape index (κ2) is 5.63. The summed E-state index contributed by atoms with van der Waals surface area (Å²) in [6.07, 6.45) is 1.66. The monoisotopic (exact) mass is 278 g/mol. The molecule has 0 unspecified atom stereocenters. The zero-order valence-electron chi connectivity index (χ0n) is 11.6. The second-order valence-electron chi connectivity index (χ2n) is 4.51. The first kappa shape index (κ1) is 13.1. The number of para-hydroxylation sites is 1. The van der Waals surface area contributed by atoms with Gasteiger partial charge in [-0.25, -0.2) is 0 Å². The number of benzene rings is 2. The molecule has 3 aromatic rings. The van der Waals surface area contributed by atoms with E-state index in [-0.39, 0.29) is 5.56 Å². The number of nitrogens with zero attached hydrogens (tertiary/aromatic N) is 2. The normalized spacial score (nSPS) is 10.3. The Morgan fingerprint density at radius 2 is 1.57 bits per heavy atom. The molecule has 0 aliphatic heterocycles. The molecule has 2 aromatic carbocycles. The van der Waals surface area contributed by atoms with Crippen molar-refractivity contribution >= 4 is 0 Å². The van der Waals surface area contributed by atoms with Crippen molar-refractivity contribution in [3.8, 4) is 22.6 Å². The molecule has 0 atom stereocenters. The van der Waals surface area contributed by atoms with Crippen molar-refractivity contribution in [1.82, 2.24) is 9.78 Å². The van der Waals surface area contributed by atoms with Gasteiger partial charge in [-0.1, -0.05) is 48.5 Å². The number of rotatable bonds is 3. The molecule has 0 aliphatic carbocycles. The molecule has 1 aromatic heterocycles. The fourth-order valence-corrected chi connectivity index (χ4v) is 2.21. The third-order valence-electron chi connectivity index (χ3n) is 3.22. The first-order chi connectivity index (χ1) is 10.3. The molecule has 0 fully saturated rings. The number of aromatic nitrogens is 2. The van der Waals surface area contributed by atoms with Crippen LogP contribution in [0, 0.1) is 0 Å². The molecule has 0 amide bonds. The van der Waals surface area contributed by atoms with Gasteiger partial charge in [-0.05, 0) is 17.7 Å². The standard InChI is InChI=1S/C17H14N2O2/c1-21-16-15(13-8-4-2-5-9-13)12-18-19(17(16)20)14-10-6-3-7-11-14/h2-12H,1H3. The first-order valence-electron chi connectivity index (χ1n) is 6.58. The minimum atomic E-state index is -0.273. The third-order valence-corrected chi connectivity index (χ3v) is 3.22. The van der Waals surface area contributed by atoms with Crippen LogP contribution in [0.4, 0.5) is 0 Å². The van der Waals surface area contributed by atoms with Gasteiger partial charge in [-0.3, -0.25) is 4.79 Å². The van der Waals surface area contributed by atoms with Gasteiger partial charge in [0, 0.05) is 5.56 Å². The highest BCUT2D eigenvalue weighted by molar-refractivity contribution is 5.68. The van der Waals surface area contributed by atoms with Crippen LogP contribution in [-0.2, 0) is 0 Å². The van der Waals surface area contributed by atoms with Gasteiger partial charge in [0.15, 0.2) is 5.75 Å². The molecule has 0 radical (unpaired) electrons. The van der Waals surface area contributed by atoms with Crippen LogP contribution < -0.4 is 10.3 Å². The predicted molar refractivity (Wildman–Crippen MR) is 81.8 cm³/mol. The lowest BCUT2D eigenvalue weighted by molar-refractivity contribution is 0.405. The smallest absolute Gasteiger partial charge is 0.314 e. The van der Waals surface area contributed by atoms with Crippen LogP contribution in [0.5, 0.6) is 5.75 Å². The lowest BCUT2D eigenvalue weighted by Crippen LogP contribution is -2.22. The summed E-state index contributed by atoms with van der Waals surface area (Å²) in [5.41, 5.74) is 2.03. The van der Waals surface area contributed by atoms with Crippen molar-refractivity contribution in [2.45, 2.75) is 0 Å². The third kappa shape index (κ3) is 2.43. The maximum Gasteiger partial charge on any atom is 0.314 e. The van der Waals surface area contributed by atoms with E-state index in [1.807, 2.05) is 60.7 Å². The Balaban J connectivity index is 2.19.